The van der Waals surface area contributed by atoms with Crippen molar-refractivity contribution in [3.05, 3.63) is 85.4 Å². The van der Waals surface area contributed by atoms with Gasteiger partial charge in [-0.1, -0.05) is 42.5 Å². The Balaban J connectivity index is 1.89. The first-order valence-electron chi connectivity index (χ1n) is 8.64. The molecule has 0 N–H and O–H groups in total. The second-order valence-corrected chi connectivity index (χ2v) is 6.52. The van der Waals surface area contributed by atoms with E-state index in [1.54, 1.807) is 6.26 Å². The molecule has 3 heterocycles. The largest absolute Gasteiger partial charge is 0.464 e. The van der Waals surface area contributed by atoms with Crippen molar-refractivity contribution in [1.82, 2.24) is 9.55 Å². The number of fused-ring (bicyclic) bond motifs is 6. The number of hydrogen-bond donors (Lipinski definition) is 0. The number of benzene rings is 3. The van der Waals surface area contributed by atoms with Gasteiger partial charge in [-0.15, -0.1) is 0 Å². The number of rotatable bonds is 1. The van der Waals surface area contributed by atoms with Gasteiger partial charge in [-0.05, 0) is 24.3 Å². The van der Waals surface area contributed by atoms with Crippen LogP contribution < -0.4 is 0 Å². The van der Waals surface area contributed by atoms with Crippen LogP contribution in [0.1, 0.15) is 0 Å². The standard InChI is InChI=1S/C23H14N2O/c1-2-6-16-15(5-1)13-24-14-21(16)25-19-8-4-3-7-17(19)23-18-11-12-26-22(18)10-9-20(23)25/h1-14H. The molecule has 6 aromatic rings. The Morgan fingerprint density at radius 1 is 0.692 bits per heavy atom. The van der Waals surface area contributed by atoms with E-state index in [2.05, 4.69) is 70.2 Å². The first-order valence-corrected chi connectivity index (χ1v) is 8.64. The van der Waals surface area contributed by atoms with E-state index in [-0.39, 0.29) is 0 Å². The molecule has 0 radical (unpaired) electrons. The Morgan fingerprint density at radius 3 is 2.50 bits per heavy atom. The lowest BCUT2D eigenvalue weighted by Gasteiger charge is -2.10. The Labute approximate surface area is 149 Å². The number of para-hydroxylation sites is 1. The molecule has 0 unspecified atom stereocenters. The van der Waals surface area contributed by atoms with Crippen LogP contribution in [-0.2, 0) is 0 Å². The van der Waals surface area contributed by atoms with Crippen molar-refractivity contribution in [3.63, 3.8) is 0 Å². The third kappa shape index (κ3) is 1.69. The van der Waals surface area contributed by atoms with Gasteiger partial charge in [0.2, 0.25) is 0 Å². The predicted molar refractivity (Wildman–Crippen MR) is 106 cm³/mol. The zero-order valence-electron chi connectivity index (χ0n) is 13.9. The number of pyridine rings is 1. The Morgan fingerprint density at radius 2 is 1.54 bits per heavy atom. The normalized spacial score (nSPS) is 11.8. The van der Waals surface area contributed by atoms with Crippen molar-refractivity contribution in [2.45, 2.75) is 0 Å². The highest BCUT2D eigenvalue weighted by molar-refractivity contribution is 6.21. The first-order chi connectivity index (χ1) is 12.9. The molecule has 3 aromatic carbocycles. The summed E-state index contributed by atoms with van der Waals surface area (Å²) in [6.45, 7) is 0. The molecule has 26 heavy (non-hydrogen) atoms. The summed E-state index contributed by atoms with van der Waals surface area (Å²) in [5, 5.41) is 5.92. The molecule has 3 nitrogen and oxygen atoms in total. The fourth-order valence-electron chi connectivity index (χ4n) is 4.05. The van der Waals surface area contributed by atoms with Crippen LogP contribution in [0.25, 0.3) is 49.2 Å². The van der Waals surface area contributed by atoms with Crippen molar-refractivity contribution < 1.29 is 4.42 Å². The third-order valence-electron chi connectivity index (χ3n) is 5.16. The van der Waals surface area contributed by atoms with Gasteiger partial charge in [-0.25, -0.2) is 0 Å². The molecule has 0 saturated heterocycles. The van der Waals surface area contributed by atoms with E-state index in [1.165, 1.54) is 27.2 Å². The topological polar surface area (TPSA) is 31.0 Å². The lowest BCUT2D eigenvalue weighted by Crippen LogP contribution is -1.96. The summed E-state index contributed by atoms with van der Waals surface area (Å²) in [7, 11) is 0. The molecule has 0 aliphatic rings. The van der Waals surface area contributed by atoms with Crippen LogP contribution in [0.5, 0.6) is 0 Å². The predicted octanol–water partition coefficient (Wildman–Crippen LogP) is 6.08. The minimum Gasteiger partial charge on any atom is -0.464 e. The zero-order valence-corrected chi connectivity index (χ0v) is 13.9. The van der Waals surface area contributed by atoms with Gasteiger partial charge in [0.15, 0.2) is 0 Å². The van der Waals surface area contributed by atoms with E-state index in [0.29, 0.717) is 0 Å². The molecule has 0 bridgehead atoms. The fraction of sp³-hybridized carbons (Fsp3) is 0. The second-order valence-electron chi connectivity index (χ2n) is 6.52. The molecule has 0 aliphatic heterocycles. The van der Waals surface area contributed by atoms with Crippen LogP contribution in [0.4, 0.5) is 0 Å². The summed E-state index contributed by atoms with van der Waals surface area (Å²) in [4.78, 5) is 4.50. The summed E-state index contributed by atoms with van der Waals surface area (Å²) in [6.07, 6.45) is 5.63. The van der Waals surface area contributed by atoms with Crippen molar-refractivity contribution in [1.29, 1.82) is 0 Å². The Bertz CT molecular complexity index is 1430. The molecule has 0 amide bonds. The van der Waals surface area contributed by atoms with Crippen LogP contribution in [0.15, 0.2) is 89.8 Å². The van der Waals surface area contributed by atoms with E-state index < -0.39 is 0 Å². The highest BCUT2D eigenvalue weighted by Crippen LogP contribution is 2.38. The van der Waals surface area contributed by atoms with E-state index in [0.717, 1.165) is 22.0 Å². The van der Waals surface area contributed by atoms with Crippen molar-refractivity contribution in [2.24, 2.45) is 0 Å². The average molecular weight is 334 g/mol. The fourth-order valence-corrected chi connectivity index (χ4v) is 4.05. The van der Waals surface area contributed by atoms with Crippen LogP contribution in [0.2, 0.25) is 0 Å². The minimum atomic E-state index is 0.913. The van der Waals surface area contributed by atoms with Gasteiger partial charge in [0.25, 0.3) is 0 Å². The lowest BCUT2D eigenvalue weighted by molar-refractivity contribution is 0.616. The van der Waals surface area contributed by atoms with Crippen LogP contribution >= 0.6 is 0 Å². The number of hydrogen-bond acceptors (Lipinski definition) is 2. The quantitative estimate of drug-likeness (QED) is 0.365. The summed E-state index contributed by atoms with van der Waals surface area (Å²) in [5.41, 5.74) is 4.35. The van der Waals surface area contributed by atoms with Crippen LogP contribution in [-0.4, -0.2) is 9.55 Å². The lowest BCUT2D eigenvalue weighted by atomic mass is 10.1. The molecule has 0 spiro atoms. The van der Waals surface area contributed by atoms with Crippen LogP contribution in [0.3, 0.4) is 0 Å². The summed E-state index contributed by atoms with van der Waals surface area (Å²) in [6, 6.07) is 23.2. The van der Waals surface area contributed by atoms with Crippen molar-refractivity contribution in [3.8, 4) is 5.69 Å². The van der Waals surface area contributed by atoms with E-state index in [9.17, 15) is 0 Å². The molecule has 3 heteroatoms. The molecule has 122 valence electrons. The average Bonchev–Trinajstić information content (AvgIpc) is 3.29. The van der Waals surface area contributed by atoms with Crippen LogP contribution in [0, 0.1) is 0 Å². The van der Waals surface area contributed by atoms with Gasteiger partial charge in [-0.3, -0.25) is 4.98 Å². The van der Waals surface area contributed by atoms with E-state index >= 15 is 0 Å². The number of furan rings is 1. The maximum atomic E-state index is 5.64. The molecule has 6 rings (SSSR count). The zero-order chi connectivity index (χ0) is 17.1. The highest BCUT2D eigenvalue weighted by Gasteiger charge is 2.16. The second kappa shape index (κ2) is 4.96. The minimum absolute atomic E-state index is 0.913. The van der Waals surface area contributed by atoms with Gasteiger partial charge in [-0.2, -0.15) is 0 Å². The smallest absolute Gasteiger partial charge is 0.134 e. The van der Waals surface area contributed by atoms with E-state index in [4.69, 9.17) is 4.42 Å². The van der Waals surface area contributed by atoms with Gasteiger partial charge in [0.05, 0.1) is 29.2 Å². The third-order valence-corrected chi connectivity index (χ3v) is 5.16. The number of aromatic nitrogens is 2. The van der Waals surface area contributed by atoms with Gasteiger partial charge in [0.1, 0.15) is 5.58 Å². The SMILES string of the molecule is c1ccc2c(-n3c4ccccc4c4c5ccoc5ccc43)cncc2c1. The Kier molecular flexibility index (Phi) is 2.61. The highest BCUT2D eigenvalue weighted by atomic mass is 16.3. The van der Waals surface area contributed by atoms with Gasteiger partial charge < -0.3 is 8.98 Å². The molecule has 3 aromatic heterocycles. The van der Waals surface area contributed by atoms with Crippen molar-refractivity contribution >= 4 is 43.5 Å². The van der Waals surface area contributed by atoms with E-state index in [1.807, 2.05) is 18.5 Å². The maximum absolute atomic E-state index is 5.64. The molecular weight excluding hydrogens is 320 g/mol. The molecule has 0 aliphatic carbocycles. The summed E-state index contributed by atoms with van der Waals surface area (Å²) < 4.78 is 7.95. The molecule has 0 atom stereocenters. The number of nitrogens with zero attached hydrogens (tertiary/aromatic N) is 2. The maximum Gasteiger partial charge on any atom is 0.134 e. The first kappa shape index (κ1) is 13.7. The Hall–Kier alpha value is -3.59. The molecule has 0 fully saturated rings. The van der Waals surface area contributed by atoms with Gasteiger partial charge in [0, 0.05) is 33.1 Å². The summed E-state index contributed by atoms with van der Waals surface area (Å²) >= 11 is 0. The van der Waals surface area contributed by atoms with Gasteiger partial charge >= 0.3 is 0 Å². The molecule has 0 saturated carbocycles. The van der Waals surface area contributed by atoms with Crippen molar-refractivity contribution in [2.75, 3.05) is 0 Å². The summed E-state index contributed by atoms with van der Waals surface area (Å²) in [5.74, 6) is 0. The monoisotopic (exact) mass is 334 g/mol. The molecular formula is C23H14N2O.